The lowest BCUT2D eigenvalue weighted by atomic mass is 10.1. The van der Waals surface area contributed by atoms with Crippen molar-refractivity contribution in [3.63, 3.8) is 0 Å². The minimum Gasteiger partial charge on any atom is -0.480 e. The molecule has 0 bridgehead atoms. The second-order valence-corrected chi connectivity index (χ2v) is 6.92. The molecule has 0 spiro atoms. The molecule has 0 heterocycles. The van der Waals surface area contributed by atoms with Gasteiger partial charge in [-0.2, -0.15) is 11.8 Å². The average molecular weight is 405 g/mol. The standard InChI is InChI=1S/C15H27N5O6S/c1-7(16)12(22)18-8(2)13(23)19-9(4-5-27-3)14(24)20-10(15(25)26)6-11(17)21/h7-10H,4-6,16H2,1-3H3,(H2,17,21)(H,18,22)(H,19,23)(H,20,24)(H,25,26). The molecule has 4 unspecified atom stereocenters. The number of hydrogen-bond donors (Lipinski definition) is 6. The lowest BCUT2D eigenvalue weighted by Gasteiger charge is -2.23. The molecular formula is C15H27N5O6S. The number of nitrogens with one attached hydrogen (secondary N) is 3. The molecule has 0 radical (unpaired) electrons. The Hall–Kier alpha value is -2.34. The van der Waals surface area contributed by atoms with Crippen LogP contribution in [0.4, 0.5) is 0 Å². The Balaban J connectivity index is 5.05. The monoisotopic (exact) mass is 405 g/mol. The first-order valence-corrected chi connectivity index (χ1v) is 9.55. The second-order valence-electron chi connectivity index (χ2n) is 5.93. The van der Waals surface area contributed by atoms with Crippen LogP contribution < -0.4 is 27.4 Å². The lowest BCUT2D eigenvalue weighted by molar-refractivity contribution is -0.143. The Labute approximate surface area is 161 Å². The second kappa shape index (κ2) is 12.1. The summed E-state index contributed by atoms with van der Waals surface area (Å²) >= 11 is 1.43. The number of aliphatic carboxylic acids is 1. The van der Waals surface area contributed by atoms with Crippen molar-refractivity contribution in [3.8, 4) is 0 Å². The molecule has 0 aliphatic heterocycles. The van der Waals surface area contributed by atoms with Gasteiger partial charge in [-0.1, -0.05) is 0 Å². The quantitative estimate of drug-likeness (QED) is 0.205. The predicted molar refractivity (Wildman–Crippen MR) is 99.6 cm³/mol. The van der Waals surface area contributed by atoms with Crippen LogP contribution in [-0.2, 0) is 24.0 Å². The van der Waals surface area contributed by atoms with E-state index in [4.69, 9.17) is 16.6 Å². The zero-order chi connectivity index (χ0) is 21.1. The van der Waals surface area contributed by atoms with E-state index in [1.807, 2.05) is 0 Å². The van der Waals surface area contributed by atoms with Crippen LogP contribution in [0.3, 0.4) is 0 Å². The Kier molecular flexibility index (Phi) is 11.1. The third kappa shape index (κ3) is 9.80. The lowest BCUT2D eigenvalue weighted by Crippen LogP contribution is -2.56. The van der Waals surface area contributed by atoms with E-state index in [-0.39, 0.29) is 6.42 Å². The van der Waals surface area contributed by atoms with E-state index in [1.165, 1.54) is 25.6 Å². The maximum Gasteiger partial charge on any atom is 0.326 e. The van der Waals surface area contributed by atoms with Crippen LogP contribution in [0.2, 0.25) is 0 Å². The van der Waals surface area contributed by atoms with Gasteiger partial charge in [0.2, 0.25) is 23.6 Å². The highest BCUT2D eigenvalue weighted by atomic mass is 32.2. The van der Waals surface area contributed by atoms with Crippen molar-refractivity contribution in [1.29, 1.82) is 0 Å². The van der Waals surface area contributed by atoms with Gasteiger partial charge in [0.05, 0.1) is 12.5 Å². The molecule has 0 aromatic carbocycles. The molecule has 11 nitrogen and oxygen atoms in total. The van der Waals surface area contributed by atoms with Gasteiger partial charge in [-0.05, 0) is 32.3 Å². The largest absolute Gasteiger partial charge is 0.480 e. The summed E-state index contributed by atoms with van der Waals surface area (Å²) in [5.41, 5.74) is 10.4. The summed E-state index contributed by atoms with van der Waals surface area (Å²) < 4.78 is 0. The highest BCUT2D eigenvalue weighted by Gasteiger charge is 2.29. The highest BCUT2D eigenvalue weighted by Crippen LogP contribution is 2.03. The molecule has 0 saturated carbocycles. The minimum absolute atomic E-state index is 0.218. The number of carbonyl (C=O) groups is 5. The zero-order valence-corrected chi connectivity index (χ0v) is 16.3. The summed E-state index contributed by atoms with van der Waals surface area (Å²) in [6.45, 7) is 2.88. The SMILES string of the molecule is CSCCC(NC(=O)C(C)NC(=O)C(C)N)C(=O)NC(CC(N)=O)C(=O)O. The number of thioether (sulfide) groups is 1. The van der Waals surface area contributed by atoms with Gasteiger partial charge in [0.25, 0.3) is 0 Å². The number of primary amides is 1. The maximum atomic E-state index is 12.4. The first kappa shape index (κ1) is 24.7. The highest BCUT2D eigenvalue weighted by molar-refractivity contribution is 7.98. The fourth-order valence-corrected chi connectivity index (χ4v) is 2.36. The molecule has 0 aromatic rings. The van der Waals surface area contributed by atoms with Gasteiger partial charge in [0, 0.05) is 0 Å². The molecule has 0 aromatic heterocycles. The van der Waals surface area contributed by atoms with E-state index in [0.29, 0.717) is 5.75 Å². The minimum atomic E-state index is -1.50. The first-order valence-electron chi connectivity index (χ1n) is 8.16. The van der Waals surface area contributed by atoms with Gasteiger partial charge in [-0.3, -0.25) is 19.2 Å². The normalized spacial score (nSPS) is 15.0. The van der Waals surface area contributed by atoms with Crippen LogP contribution in [-0.4, -0.2) is 70.9 Å². The van der Waals surface area contributed by atoms with Crippen LogP contribution in [0, 0.1) is 0 Å². The predicted octanol–water partition coefficient (Wildman–Crippen LogP) is -2.48. The van der Waals surface area contributed by atoms with Gasteiger partial charge in [-0.25, -0.2) is 4.79 Å². The van der Waals surface area contributed by atoms with Crippen molar-refractivity contribution in [1.82, 2.24) is 16.0 Å². The number of carboxylic acids is 1. The molecule has 0 aliphatic rings. The van der Waals surface area contributed by atoms with E-state index in [2.05, 4.69) is 16.0 Å². The molecule has 154 valence electrons. The van der Waals surface area contributed by atoms with Crippen molar-refractivity contribution in [2.75, 3.05) is 12.0 Å². The molecule has 0 aliphatic carbocycles. The number of nitrogens with two attached hydrogens (primary N) is 2. The average Bonchev–Trinajstić information content (AvgIpc) is 2.56. The van der Waals surface area contributed by atoms with Crippen LogP contribution >= 0.6 is 11.8 Å². The third-order valence-corrected chi connectivity index (χ3v) is 4.07. The molecule has 0 saturated heterocycles. The molecule has 0 rings (SSSR count). The summed E-state index contributed by atoms with van der Waals surface area (Å²) in [6.07, 6.45) is 1.44. The van der Waals surface area contributed by atoms with Gasteiger partial charge < -0.3 is 32.5 Å². The first-order chi connectivity index (χ1) is 12.5. The van der Waals surface area contributed by atoms with Crippen molar-refractivity contribution in [2.24, 2.45) is 11.5 Å². The van der Waals surface area contributed by atoms with Crippen molar-refractivity contribution in [2.45, 2.75) is 50.9 Å². The maximum absolute atomic E-state index is 12.4. The Morgan fingerprint density at radius 3 is 1.96 bits per heavy atom. The number of hydrogen-bond acceptors (Lipinski definition) is 7. The molecule has 12 heteroatoms. The number of carbonyl (C=O) groups excluding carboxylic acids is 4. The zero-order valence-electron chi connectivity index (χ0n) is 15.5. The molecule has 0 fully saturated rings. The summed E-state index contributed by atoms with van der Waals surface area (Å²) in [6, 6.07) is -4.30. The number of carboxylic acid groups (broad SMARTS) is 1. The molecule has 4 amide bonds. The number of rotatable bonds is 12. The van der Waals surface area contributed by atoms with Crippen LogP contribution in [0.1, 0.15) is 26.7 Å². The van der Waals surface area contributed by atoms with Gasteiger partial charge in [0.1, 0.15) is 18.1 Å². The van der Waals surface area contributed by atoms with Crippen molar-refractivity contribution < 1.29 is 29.1 Å². The summed E-state index contributed by atoms with van der Waals surface area (Å²) in [5, 5.41) is 16.1. The van der Waals surface area contributed by atoms with E-state index < -0.39 is 60.2 Å². The van der Waals surface area contributed by atoms with E-state index >= 15 is 0 Å². The molecule has 4 atom stereocenters. The Bertz CT molecular complexity index is 571. The van der Waals surface area contributed by atoms with Crippen LogP contribution in [0.15, 0.2) is 0 Å². The fraction of sp³-hybridized carbons (Fsp3) is 0.667. The third-order valence-electron chi connectivity index (χ3n) is 3.43. The van der Waals surface area contributed by atoms with Crippen LogP contribution in [0.5, 0.6) is 0 Å². The van der Waals surface area contributed by atoms with Crippen molar-refractivity contribution >= 4 is 41.4 Å². The Morgan fingerprint density at radius 2 is 1.52 bits per heavy atom. The van der Waals surface area contributed by atoms with Crippen LogP contribution in [0.25, 0.3) is 0 Å². The van der Waals surface area contributed by atoms with Gasteiger partial charge >= 0.3 is 5.97 Å². The van der Waals surface area contributed by atoms with Gasteiger partial charge in [0.15, 0.2) is 0 Å². The summed E-state index contributed by atoms with van der Waals surface area (Å²) in [7, 11) is 0. The van der Waals surface area contributed by atoms with E-state index in [1.54, 1.807) is 6.26 Å². The fourth-order valence-electron chi connectivity index (χ4n) is 1.89. The van der Waals surface area contributed by atoms with E-state index in [9.17, 15) is 24.0 Å². The summed E-state index contributed by atoms with van der Waals surface area (Å²) in [5.74, 6) is -3.74. The molecular weight excluding hydrogens is 378 g/mol. The topological polar surface area (TPSA) is 194 Å². The molecule has 27 heavy (non-hydrogen) atoms. The summed E-state index contributed by atoms with van der Waals surface area (Å²) in [4.78, 5) is 58.3. The van der Waals surface area contributed by atoms with Crippen molar-refractivity contribution in [3.05, 3.63) is 0 Å². The number of amides is 4. The van der Waals surface area contributed by atoms with E-state index in [0.717, 1.165) is 0 Å². The molecule has 8 N–H and O–H groups in total. The van der Waals surface area contributed by atoms with Gasteiger partial charge in [-0.15, -0.1) is 0 Å². The Morgan fingerprint density at radius 1 is 0.963 bits per heavy atom. The smallest absolute Gasteiger partial charge is 0.326 e.